The van der Waals surface area contributed by atoms with Crippen molar-refractivity contribution < 1.29 is 0 Å². The largest absolute Gasteiger partial charge is 0.0844 e. The molecular weight excluding hydrogens is 264 g/mol. The van der Waals surface area contributed by atoms with E-state index < -0.39 is 8.07 Å². The minimum absolute atomic E-state index is 0.900. The summed E-state index contributed by atoms with van der Waals surface area (Å²) in [6.45, 7) is 9.02. The van der Waals surface area contributed by atoms with Gasteiger partial charge < -0.3 is 0 Å². The number of halogens is 2. The maximum absolute atomic E-state index is 6.19. The second kappa shape index (κ2) is 3.75. The Labute approximate surface area is 94.4 Å². The van der Waals surface area contributed by atoms with Gasteiger partial charge in [-0.2, -0.15) is 0 Å². The van der Waals surface area contributed by atoms with Gasteiger partial charge in [-0.15, -0.1) is 0 Å². The van der Waals surface area contributed by atoms with Crippen LogP contribution in [-0.2, 0) is 0 Å². The van der Waals surface area contributed by atoms with Crippen LogP contribution in [0.15, 0.2) is 16.6 Å². The van der Waals surface area contributed by atoms with E-state index in [1.54, 1.807) is 0 Å². The molecule has 72 valence electrons. The van der Waals surface area contributed by atoms with Crippen LogP contribution in [0.4, 0.5) is 0 Å². The molecule has 0 saturated carbocycles. The van der Waals surface area contributed by atoms with Crippen LogP contribution in [0, 0.1) is 6.92 Å². The highest BCUT2D eigenvalue weighted by Gasteiger charge is 2.20. The number of aryl methyl sites for hydroxylation is 1. The molecule has 1 aromatic rings. The van der Waals surface area contributed by atoms with E-state index in [1.807, 2.05) is 6.07 Å². The van der Waals surface area contributed by atoms with Crippen molar-refractivity contribution in [2.45, 2.75) is 26.6 Å². The molecule has 0 atom stereocenters. The Kier molecular flexibility index (Phi) is 3.26. The molecule has 3 heteroatoms. The zero-order valence-corrected chi connectivity index (χ0v) is 11.8. The van der Waals surface area contributed by atoms with E-state index in [2.05, 4.69) is 48.6 Å². The van der Waals surface area contributed by atoms with E-state index in [0.29, 0.717) is 0 Å². The first-order valence-corrected chi connectivity index (χ1v) is 8.95. The summed E-state index contributed by atoms with van der Waals surface area (Å²) in [5, 5.41) is 2.24. The van der Waals surface area contributed by atoms with Gasteiger partial charge in [0.25, 0.3) is 0 Å². The molecule has 0 bridgehead atoms. The average Bonchev–Trinajstić information content (AvgIpc) is 1.94. The summed E-state index contributed by atoms with van der Waals surface area (Å²) in [7, 11) is -1.28. The molecule has 0 saturated heterocycles. The van der Waals surface area contributed by atoms with Crippen LogP contribution in [0.2, 0.25) is 24.7 Å². The molecule has 0 radical (unpaired) electrons. The first-order chi connectivity index (χ1) is 5.82. The van der Waals surface area contributed by atoms with E-state index in [1.165, 1.54) is 10.8 Å². The highest BCUT2D eigenvalue weighted by molar-refractivity contribution is 9.10. The normalized spacial score (nSPS) is 11.8. The summed E-state index contributed by atoms with van der Waals surface area (Å²) in [6, 6.07) is 4.21. The molecule has 13 heavy (non-hydrogen) atoms. The summed E-state index contributed by atoms with van der Waals surface area (Å²) in [5.74, 6) is 0. The fraction of sp³-hybridized carbons (Fsp3) is 0.400. The number of hydrogen-bond acceptors (Lipinski definition) is 0. The molecule has 0 aliphatic rings. The smallest absolute Gasteiger partial charge is 0.0795 e. The Balaban J connectivity index is 3.32. The first-order valence-electron chi connectivity index (χ1n) is 4.28. The van der Waals surface area contributed by atoms with Crippen molar-refractivity contribution in [1.29, 1.82) is 0 Å². The van der Waals surface area contributed by atoms with Gasteiger partial charge in [0.1, 0.15) is 0 Å². The third-order valence-corrected chi connectivity index (χ3v) is 5.41. The van der Waals surface area contributed by atoms with Crippen LogP contribution in [0.1, 0.15) is 5.56 Å². The van der Waals surface area contributed by atoms with Crippen LogP contribution in [0.5, 0.6) is 0 Å². The molecule has 0 aromatic heterocycles. The van der Waals surface area contributed by atoms with Crippen molar-refractivity contribution in [2.75, 3.05) is 0 Å². The molecule has 0 nitrogen and oxygen atoms in total. The van der Waals surface area contributed by atoms with Gasteiger partial charge in [0.05, 0.1) is 8.07 Å². The third kappa shape index (κ3) is 2.58. The predicted molar refractivity (Wildman–Crippen MR) is 66.9 cm³/mol. The first kappa shape index (κ1) is 11.3. The molecule has 0 aliphatic heterocycles. The number of rotatable bonds is 1. The molecular formula is C10H14BrClSi. The molecule has 0 fully saturated rings. The van der Waals surface area contributed by atoms with E-state index in [9.17, 15) is 0 Å². The van der Waals surface area contributed by atoms with Gasteiger partial charge in [0.2, 0.25) is 0 Å². The molecule has 1 rings (SSSR count). The zero-order valence-electron chi connectivity index (χ0n) is 8.41. The van der Waals surface area contributed by atoms with Crippen molar-refractivity contribution in [3.8, 4) is 0 Å². The molecule has 0 spiro atoms. The highest BCUT2D eigenvalue weighted by Crippen LogP contribution is 2.21. The van der Waals surface area contributed by atoms with E-state index in [4.69, 9.17) is 11.6 Å². The molecule has 0 N–H and O–H groups in total. The lowest BCUT2D eigenvalue weighted by Gasteiger charge is -2.19. The van der Waals surface area contributed by atoms with Crippen molar-refractivity contribution in [3.05, 3.63) is 27.2 Å². The molecule has 0 unspecified atom stereocenters. The summed E-state index contributed by atoms with van der Waals surface area (Å²) >= 11 is 9.67. The van der Waals surface area contributed by atoms with Crippen LogP contribution in [0.25, 0.3) is 0 Å². The summed E-state index contributed by atoms with van der Waals surface area (Å²) in [5.41, 5.74) is 1.27. The lowest BCUT2D eigenvalue weighted by atomic mass is 10.2. The van der Waals surface area contributed by atoms with E-state index in [0.717, 1.165) is 9.50 Å². The SMILES string of the molecule is Cc1cc([Si](C)(C)C)c(Cl)cc1Br. The topological polar surface area (TPSA) is 0 Å². The molecule has 0 heterocycles. The maximum Gasteiger partial charge on any atom is 0.0795 e. The lowest BCUT2D eigenvalue weighted by molar-refractivity contribution is 1.44. The third-order valence-electron chi connectivity index (χ3n) is 2.06. The van der Waals surface area contributed by atoms with Crippen LogP contribution in [0.3, 0.4) is 0 Å². The Bertz CT molecular complexity index is 328. The second-order valence-corrected chi connectivity index (χ2v) is 10.6. The second-order valence-electron chi connectivity index (χ2n) is 4.33. The minimum Gasteiger partial charge on any atom is -0.0844 e. The summed E-state index contributed by atoms with van der Waals surface area (Å²) in [6.07, 6.45) is 0. The van der Waals surface area contributed by atoms with E-state index in [-0.39, 0.29) is 0 Å². The van der Waals surface area contributed by atoms with Crippen molar-refractivity contribution in [3.63, 3.8) is 0 Å². The molecule has 1 aromatic carbocycles. The number of hydrogen-bond donors (Lipinski definition) is 0. The van der Waals surface area contributed by atoms with Crippen LogP contribution >= 0.6 is 27.5 Å². The Hall–Kier alpha value is 0.207. The fourth-order valence-corrected chi connectivity index (χ4v) is 4.16. The van der Waals surface area contributed by atoms with Gasteiger partial charge in [0, 0.05) is 9.50 Å². The van der Waals surface area contributed by atoms with Gasteiger partial charge >= 0.3 is 0 Å². The lowest BCUT2D eigenvalue weighted by Crippen LogP contribution is -2.38. The minimum atomic E-state index is -1.28. The van der Waals surface area contributed by atoms with E-state index >= 15 is 0 Å². The summed E-state index contributed by atoms with van der Waals surface area (Å²) in [4.78, 5) is 0. The Morgan fingerprint density at radius 1 is 1.23 bits per heavy atom. The zero-order chi connectivity index (χ0) is 10.2. The van der Waals surface area contributed by atoms with Crippen LogP contribution in [-0.4, -0.2) is 8.07 Å². The van der Waals surface area contributed by atoms with Gasteiger partial charge in [-0.1, -0.05) is 53.2 Å². The van der Waals surface area contributed by atoms with Crippen molar-refractivity contribution in [1.82, 2.24) is 0 Å². The highest BCUT2D eigenvalue weighted by atomic mass is 79.9. The summed E-state index contributed by atoms with van der Waals surface area (Å²) < 4.78 is 1.10. The van der Waals surface area contributed by atoms with Crippen molar-refractivity contribution >= 4 is 40.8 Å². The fourth-order valence-electron chi connectivity index (χ4n) is 1.23. The van der Waals surface area contributed by atoms with Gasteiger partial charge in [-0.25, -0.2) is 0 Å². The molecule has 0 amide bonds. The Morgan fingerprint density at radius 3 is 2.23 bits per heavy atom. The van der Waals surface area contributed by atoms with Gasteiger partial charge in [-0.3, -0.25) is 0 Å². The maximum atomic E-state index is 6.19. The van der Waals surface area contributed by atoms with Crippen molar-refractivity contribution in [2.24, 2.45) is 0 Å². The predicted octanol–water partition coefficient (Wildman–Crippen LogP) is 3.96. The average molecular weight is 278 g/mol. The Morgan fingerprint density at radius 2 is 1.77 bits per heavy atom. The quantitative estimate of drug-likeness (QED) is 0.682. The standard InChI is InChI=1S/C10H14BrClSi/c1-7-5-10(13(2,3)4)9(12)6-8(7)11/h5-6H,1-4H3. The molecule has 0 aliphatic carbocycles. The number of benzene rings is 1. The monoisotopic (exact) mass is 276 g/mol. The van der Waals surface area contributed by atoms with Gasteiger partial charge in [0.15, 0.2) is 0 Å². The van der Waals surface area contributed by atoms with Crippen LogP contribution < -0.4 is 5.19 Å². The van der Waals surface area contributed by atoms with Gasteiger partial charge in [-0.05, 0) is 23.7 Å².